The molecule has 1 fully saturated rings. The predicted octanol–water partition coefficient (Wildman–Crippen LogP) is 1.84. The van der Waals surface area contributed by atoms with Gasteiger partial charge in [0.25, 0.3) is 0 Å². The van der Waals surface area contributed by atoms with Gasteiger partial charge in [0.1, 0.15) is 6.07 Å². The topological polar surface area (TPSA) is 64.3 Å². The van der Waals surface area contributed by atoms with Gasteiger partial charge in [0.15, 0.2) is 0 Å². The molecule has 0 atom stereocenters. The van der Waals surface area contributed by atoms with Crippen LogP contribution in [0.4, 0.5) is 5.69 Å². The number of hydrogen-bond donors (Lipinski definition) is 1. The van der Waals surface area contributed by atoms with E-state index in [0.29, 0.717) is 18.7 Å². The molecule has 0 radical (unpaired) electrons. The monoisotopic (exact) mass is 280 g/mol. The van der Waals surface area contributed by atoms with Crippen LogP contribution in [0, 0.1) is 17.2 Å². The Morgan fingerprint density at radius 2 is 2.25 bits per heavy atom. The summed E-state index contributed by atoms with van der Waals surface area (Å²) in [4.78, 5) is 12.6. The number of carboxylic acid groups (broad SMARTS) is 1. The van der Waals surface area contributed by atoms with E-state index in [1.807, 2.05) is 17.0 Å². The molecule has 82 valence electrons. The van der Waals surface area contributed by atoms with Crippen molar-refractivity contribution in [1.29, 1.82) is 5.26 Å². The van der Waals surface area contributed by atoms with Gasteiger partial charge in [0.05, 0.1) is 17.2 Å². The molecule has 1 saturated heterocycles. The lowest BCUT2D eigenvalue weighted by molar-refractivity contribution is -0.142. The van der Waals surface area contributed by atoms with E-state index in [1.165, 1.54) is 0 Å². The highest BCUT2D eigenvalue weighted by Gasteiger charge is 2.33. The Morgan fingerprint density at radius 3 is 2.81 bits per heavy atom. The number of nitrogens with zero attached hydrogens (tertiary/aromatic N) is 2. The summed E-state index contributed by atoms with van der Waals surface area (Å²) in [6.45, 7) is 0.956. The van der Waals surface area contributed by atoms with Gasteiger partial charge >= 0.3 is 5.97 Å². The maximum Gasteiger partial charge on any atom is 0.310 e. The molecule has 1 aliphatic heterocycles. The SMILES string of the molecule is N#Cc1cc(Br)ccc1N1CC(C(=O)O)C1. The maximum atomic E-state index is 10.7. The van der Waals surface area contributed by atoms with Crippen LogP contribution in [0.1, 0.15) is 5.56 Å². The highest BCUT2D eigenvalue weighted by atomic mass is 79.9. The highest BCUT2D eigenvalue weighted by molar-refractivity contribution is 9.10. The normalized spacial score (nSPS) is 15.4. The fourth-order valence-electron chi connectivity index (χ4n) is 1.71. The molecular formula is C11H9BrN2O2. The molecule has 1 aliphatic rings. The Morgan fingerprint density at radius 1 is 1.56 bits per heavy atom. The van der Waals surface area contributed by atoms with Crippen LogP contribution in [-0.2, 0) is 4.79 Å². The molecule has 0 spiro atoms. The van der Waals surface area contributed by atoms with Gasteiger partial charge in [0.2, 0.25) is 0 Å². The lowest BCUT2D eigenvalue weighted by Gasteiger charge is -2.39. The average molecular weight is 281 g/mol. The van der Waals surface area contributed by atoms with Crippen LogP contribution in [0.3, 0.4) is 0 Å². The van der Waals surface area contributed by atoms with Crippen molar-refractivity contribution in [2.75, 3.05) is 18.0 Å². The summed E-state index contributed by atoms with van der Waals surface area (Å²) in [6, 6.07) is 7.54. The van der Waals surface area contributed by atoms with Crippen molar-refractivity contribution in [3.8, 4) is 6.07 Å². The summed E-state index contributed by atoms with van der Waals surface area (Å²) < 4.78 is 0.850. The maximum absolute atomic E-state index is 10.7. The second kappa shape index (κ2) is 4.14. The van der Waals surface area contributed by atoms with Crippen molar-refractivity contribution in [3.05, 3.63) is 28.2 Å². The van der Waals surface area contributed by atoms with Crippen molar-refractivity contribution >= 4 is 27.6 Å². The Labute approximate surface area is 101 Å². The van der Waals surface area contributed by atoms with E-state index >= 15 is 0 Å². The number of aliphatic carboxylic acids is 1. The quantitative estimate of drug-likeness (QED) is 0.898. The number of carbonyl (C=O) groups is 1. The van der Waals surface area contributed by atoms with Crippen molar-refractivity contribution in [3.63, 3.8) is 0 Å². The van der Waals surface area contributed by atoms with Gasteiger partial charge < -0.3 is 10.0 Å². The van der Waals surface area contributed by atoms with Crippen LogP contribution in [-0.4, -0.2) is 24.2 Å². The van der Waals surface area contributed by atoms with Crippen molar-refractivity contribution in [2.24, 2.45) is 5.92 Å². The van der Waals surface area contributed by atoms with E-state index in [2.05, 4.69) is 22.0 Å². The third kappa shape index (κ3) is 1.89. The first-order valence-electron chi connectivity index (χ1n) is 4.79. The number of rotatable bonds is 2. The molecule has 1 aromatic carbocycles. The number of benzene rings is 1. The minimum atomic E-state index is -0.771. The molecule has 5 heteroatoms. The van der Waals surface area contributed by atoms with E-state index in [9.17, 15) is 4.79 Å². The van der Waals surface area contributed by atoms with Crippen molar-refractivity contribution in [2.45, 2.75) is 0 Å². The van der Waals surface area contributed by atoms with E-state index in [1.54, 1.807) is 6.07 Å². The van der Waals surface area contributed by atoms with E-state index < -0.39 is 5.97 Å². The van der Waals surface area contributed by atoms with Crippen LogP contribution in [0.5, 0.6) is 0 Å². The lowest BCUT2D eigenvalue weighted by Crippen LogP contribution is -2.50. The molecule has 16 heavy (non-hydrogen) atoms. The van der Waals surface area contributed by atoms with Crippen LogP contribution in [0.25, 0.3) is 0 Å². The molecular weight excluding hydrogens is 272 g/mol. The van der Waals surface area contributed by atoms with Crippen molar-refractivity contribution < 1.29 is 9.90 Å². The zero-order valence-electron chi connectivity index (χ0n) is 8.35. The third-order valence-electron chi connectivity index (χ3n) is 2.65. The highest BCUT2D eigenvalue weighted by Crippen LogP contribution is 2.29. The minimum Gasteiger partial charge on any atom is -0.481 e. The molecule has 0 bridgehead atoms. The number of anilines is 1. The second-order valence-corrected chi connectivity index (χ2v) is 4.63. The van der Waals surface area contributed by atoms with Gasteiger partial charge in [-0.3, -0.25) is 4.79 Å². The fourth-order valence-corrected chi connectivity index (χ4v) is 2.07. The molecule has 1 N–H and O–H groups in total. The first kappa shape index (κ1) is 11.0. The summed E-state index contributed by atoms with van der Waals surface area (Å²) in [6.07, 6.45) is 0. The predicted molar refractivity (Wildman–Crippen MR) is 62.2 cm³/mol. The van der Waals surface area contributed by atoms with Gasteiger partial charge in [-0.1, -0.05) is 15.9 Å². The van der Waals surface area contributed by atoms with Crippen LogP contribution >= 0.6 is 15.9 Å². The zero-order chi connectivity index (χ0) is 11.7. The second-order valence-electron chi connectivity index (χ2n) is 3.71. The molecule has 0 aliphatic carbocycles. The first-order valence-corrected chi connectivity index (χ1v) is 5.58. The number of hydrogen-bond acceptors (Lipinski definition) is 3. The van der Waals surface area contributed by atoms with E-state index in [4.69, 9.17) is 10.4 Å². The molecule has 1 heterocycles. The van der Waals surface area contributed by atoms with Gasteiger partial charge in [0, 0.05) is 17.6 Å². The molecule has 4 nitrogen and oxygen atoms in total. The standard InChI is InChI=1S/C11H9BrN2O2/c12-9-1-2-10(7(3-9)4-13)14-5-8(6-14)11(15)16/h1-3,8H,5-6H2,(H,15,16). The molecule has 0 unspecified atom stereocenters. The number of carboxylic acids is 1. The van der Waals surface area contributed by atoms with Crippen LogP contribution < -0.4 is 4.90 Å². The first-order chi connectivity index (χ1) is 7.61. The molecule has 0 saturated carbocycles. The Kier molecular flexibility index (Phi) is 2.84. The summed E-state index contributed by atoms with van der Waals surface area (Å²) in [7, 11) is 0. The average Bonchev–Trinajstić information content (AvgIpc) is 2.17. The molecule has 0 aromatic heterocycles. The smallest absolute Gasteiger partial charge is 0.310 e. The van der Waals surface area contributed by atoms with Gasteiger partial charge in [-0.15, -0.1) is 0 Å². The molecule has 0 amide bonds. The van der Waals surface area contributed by atoms with Gasteiger partial charge in [-0.2, -0.15) is 5.26 Å². The Hall–Kier alpha value is -1.54. The number of halogens is 1. The number of nitriles is 1. The zero-order valence-corrected chi connectivity index (χ0v) is 9.94. The van der Waals surface area contributed by atoms with E-state index in [-0.39, 0.29) is 5.92 Å². The Bertz CT molecular complexity index is 475. The fraction of sp³-hybridized carbons (Fsp3) is 0.273. The third-order valence-corrected chi connectivity index (χ3v) is 3.14. The Balaban J connectivity index is 2.18. The van der Waals surface area contributed by atoms with E-state index in [0.717, 1.165) is 10.2 Å². The van der Waals surface area contributed by atoms with Crippen LogP contribution in [0.15, 0.2) is 22.7 Å². The lowest BCUT2D eigenvalue weighted by atomic mass is 9.98. The largest absolute Gasteiger partial charge is 0.481 e. The summed E-state index contributed by atoms with van der Waals surface area (Å²) >= 11 is 3.30. The van der Waals surface area contributed by atoms with Crippen LogP contribution in [0.2, 0.25) is 0 Å². The van der Waals surface area contributed by atoms with Gasteiger partial charge in [-0.05, 0) is 18.2 Å². The summed E-state index contributed by atoms with van der Waals surface area (Å²) in [5.41, 5.74) is 1.38. The van der Waals surface area contributed by atoms with Crippen molar-refractivity contribution in [1.82, 2.24) is 0 Å². The molecule has 1 aromatic rings. The minimum absolute atomic E-state index is 0.310. The summed E-state index contributed by atoms with van der Waals surface area (Å²) in [5, 5.41) is 17.7. The summed E-state index contributed by atoms with van der Waals surface area (Å²) in [5.74, 6) is -1.08. The van der Waals surface area contributed by atoms with Gasteiger partial charge in [-0.25, -0.2) is 0 Å². The molecule has 2 rings (SSSR count).